The summed E-state index contributed by atoms with van der Waals surface area (Å²) in [5.74, 6) is -0.101. The van der Waals surface area contributed by atoms with Crippen LogP contribution in [0.4, 0.5) is 8.78 Å². The zero-order valence-corrected chi connectivity index (χ0v) is 11.3. The van der Waals surface area contributed by atoms with E-state index in [1.165, 1.54) is 24.3 Å². The zero-order valence-electron chi connectivity index (χ0n) is 9.71. The van der Waals surface area contributed by atoms with Gasteiger partial charge in [-0.25, -0.2) is 8.78 Å². The van der Waals surface area contributed by atoms with Crippen molar-refractivity contribution >= 4 is 15.9 Å². The first-order valence-corrected chi connectivity index (χ1v) is 6.18. The van der Waals surface area contributed by atoms with E-state index in [-0.39, 0.29) is 18.2 Å². The van der Waals surface area contributed by atoms with Crippen molar-refractivity contribution in [2.75, 3.05) is 0 Å². The lowest BCUT2D eigenvalue weighted by atomic mass is 10.1. The van der Waals surface area contributed by atoms with Crippen molar-refractivity contribution in [2.24, 2.45) is 0 Å². The van der Waals surface area contributed by atoms with Crippen molar-refractivity contribution in [1.82, 2.24) is 0 Å². The van der Waals surface area contributed by atoms with Gasteiger partial charge in [0, 0.05) is 0 Å². The third-order valence-electron chi connectivity index (χ3n) is 2.60. The summed E-state index contributed by atoms with van der Waals surface area (Å²) in [5.41, 5.74) is 1.73. The zero-order chi connectivity index (χ0) is 13.1. The monoisotopic (exact) mass is 312 g/mol. The summed E-state index contributed by atoms with van der Waals surface area (Å²) in [4.78, 5) is 0. The number of hydrogen-bond acceptors (Lipinski definition) is 1. The normalized spacial score (nSPS) is 10.4. The number of aryl methyl sites for hydroxylation is 1. The van der Waals surface area contributed by atoms with Crippen LogP contribution >= 0.6 is 15.9 Å². The van der Waals surface area contributed by atoms with Crippen molar-refractivity contribution in [1.29, 1.82) is 0 Å². The molecule has 18 heavy (non-hydrogen) atoms. The fourth-order valence-electron chi connectivity index (χ4n) is 1.52. The van der Waals surface area contributed by atoms with Crippen molar-refractivity contribution in [2.45, 2.75) is 13.5 Å². The largest absolute Gasteiger partial charge is 0.489 e. The Labute approximate surface area is 113 Å². The van der Waals surface area contributed by atoms with Gasteiger partial charge in [0.2, 0.25) is 0 Å². The summed E-state index contributed by atoms with van der Waals surface area (Å²) in [5, 5.41) is 0. The van der Waals surface area contributed by atoms with Crippen molar-refractivity contribution in [3.63, 3.8) is 0 Å². The number of rotatable bonds is 3. The van der Waals surface area contributed by atoms with Gasteiger partial charge >= 0.3 is 0 Å². The highest BCUT2D eigenvalue weighted by atomic mass is 79.9. The Morgan fingerprint density at radius 1 is 1.11 bits per heavy atom. The van der Waals surface area contributed by atoms with Crippen LogP contribution in [0, 0.1) is 18.6 Å². The van der Waals surface area contributed by atoms with Crippen molar-refractivity contribution in [3.05, 3.63) is 63.6 Å². The van der Waals surface area contributed by atoms with E-state index < -0.39 is 0 Å². The second kappa shape index (κ2) is 5.48. The Bertz CT molecular complexity index is 570. The van der Waals surface area contributed by atoms with Crippen LogP contribution < -0.4 is 4.74 Å². The third kappa shape index (κ3) is 3.07. The van der Waals surface area contributed by atoms with Crippen LogP contribution in [0.3, 0.4) is 0 Å². The summed E-state index contributed by atoms with van der Waals surface area (Å²) in [6.07, 6.45) is 0. The van der Waals surface area contributed by atoms with E-state index >= 15 is 0 Å². The maximum absolute atomic E-state index is 13.1. The van der Waals surface area contributed by atoms with E-state index in [1.807, 2.05) is 6.92 Å². The van der Waals surface area contributed by atoms with Crippen molar-refractivity contribution < 1.29 is 13.5 Å². The van der Waals surface area contributed by atoms with E-state index in [0.717, 1.165) is 11.1 Å². The first kappa shape index (κ1) is 13.0. The molecule has 0 saturated heterocycles. The SMILES string of the molecule is Cc1ccc(F)cc1COc1ccc(F)c(Br)c1. The van der Waals surface area contributed by atoms with Gasteiger partial charge in [-0.3, -0.25) is 0 Å². The topological polar surface area (TPSA) is 9.23 Å². The van der Waals surface area contributed by atoms with Crippen LogP contribution in [0.5, 0.6) is 5.75 Å². The lowest BCUT2D eigenvalue weighted by Crippen LogP contribution is -1.99. The Kier molecular flexibility index (Phi) is 3.97. The fourth-order valence-corrected chi connectivity index (χ4v) is 1.88. The van der Waals surface area contributed by atoms with Gasteiger partial charge in [0.05, 0.1) is 4.47 Å². The summed E-state index contributed by atoms with van der Waals surface area (Å²) in [6, 6.07) is 8.95. The molecule has 0 spiro atoms. The van der Waals surface area contributed by atoms with Crippen LogP contribution in [0.1, 0.15) is 11.1 Å². The number of hydrogen-bond donors (Lipinski definition) is 0. The van der Waals surface area contributed by atoms with E-state index in [2.05, 4.69) is 15.9 Å². The molecule has 0 unspecified atom stereocenters. The Morgan fingerprint density at radius 2 is 1.89 bits per heavy atom. The Hall–Kier alpha value is -1.42. The van der Waals surface area contributed by atoms with E-state index in [1.54, 1.807) is 12.1 Å². The minimum atomic E-state index is -0.343. The minimum absolute atomic E-state index is 0.252. The molecule has 0 fully saturated rings. The van der Waals surface area contributed by atoms with E-state index in [0.29, 0.717) is 10.2 Å². The maximum Gasteiger partial charge on any atom is 0.137 e. The number of halogens is 3. The average molecular weight is 313 g/mol. The molecule has 2 aromatic rings. The Morgan fingerprint density at radius 3 is 2.61 bits per heavy atom. The highest BCUT2D eigenvalue weighted by Crippen LogP contribution is 2.23. The molecule has 0 bridgehead atoms. The van der Waals surface area contributed by atoms with Gasteiger partial charge in [-0.1, -0.05) is 6.07 Å². The summed E-state index contributed by atoms with van der Waals surface area (Å²) in [6.45, 7) is 2.14. The number of benzene rings is 2. The van der Waals surface area contributed by atoms with Crippen LogP contribution in [0.2, 0.25) is 0 Å². The summed E-state index contributed by atoms with van der Waals surface area (Å²) in [7, 11) is 0. The van der Waals surface area contributed by atoms with Crippen molar-refractivity contribution in [3.8, 4) is 5.75 Å². The lowest BCUT2D eigenvalue weighted by molar-refractivity contribution is 0.304. The smallest absolute Gasteiger partial charge is 0.137 e. The van der Waals surface area contributed by atoms with Crippen LogP contribution in [0.15, 0.2) is 40.9 Å². The molecule has 0 aliphatic rings. The molecule has 0 saturated carbocycles. The average Bonchev–Trinajstić information content (AvgIpc) is 2.34. The van der Waals surface area contributed by atoms with Gasteiger partial charge in [0.25, 0.3) is 0 Å². The van der Waals surface area contributed by atoms with Gasteiger partial charge in [0.15, 0.2) is 0 Å². The molecule has 0 amide bonds. The van der Waals surface area contributed by atoms with Gasteiger partial charge in [-0.2, -0.15) is 0 Å². The van der Waals surface area contributed by atoms with Gasteiger partial charge in [-0.15, -0.1) is 0 Å². The predicted molar refractivity (Wildman–Crippen MR) is 69.6 cm³/mol. The summed E-state index contributed by atoms with van der Waals surface area (Å²) < 4.78 is 31.9. The molecule has 4 heteroatoms. The predicted octanol–water partition coefficient (Wildman–Crippen LogP) is 4.61. The molecule has 0 aromatic heterocycles. The Balaban J connectivity index is 2.11. The molecule has 0 heterocycles. The van der Waals surface area contributed by atoms with Crippen LogP contribution in [-0.2, 0) is 6.61 Å². The minimum Gasteiger partial charge on any atom is -0.489 e. The third-order valence-corrected chi connectivity index (χ3v) is 3.20. The molecule has 0 atom stereocenters. The van der Waals surface area contributed by atoms with Gasteiger partial charge in [0.1, 0.15) is 24.0 Å². The second-order valence-corrected chi connectivity index (χ2v) is 4.79. The molecule has 2 rings (SSSR count). The molecule has 94 valence electrons. The molecule has 1 nitrogen and oxygen atoms in total. The molecular formula is C14H11BrF2O. The van der Waals surface area contributed by atoms with Crippen LogP contribution in [0.25, 0.3) is 0 Å². The van der Waals surface area contributed by atoms with E-state index in [9.17, 15) is 8.78 Å². The molecule has 0 aliphatic carbocycles. The van der Waals surface area contributed by atoms with Crippen LogP contribution in [-0.4, -0.2) is 0 Å². The standard InChI is InChI=1S/C14H11BrF2O/c1-9-2-3-11(16)6-10(9)8-18-12-4-5-14(17)13(15)7-12/h2-7H,8H2,1H3. The fraction of sp³-hybridized carbons (Fsp3) is 0.143. The van der Waals surface area contributed by atoms with Gasteiger partial charge < -0.3 is 4.74 Å². The first-order valence-electron chi connectivity index (χ1n) is 5.39. The highest BCUT2D eigenvalue weighted by molar-refractivity contribution is 9.10. The molecule has 0 N–H and O–H groups in total. The van der Waals surface area contributed by atoms with E-state index in [4.69, 9.17) is 4.74 Å². The first-order chi connectivity index (χ1) is 8.56. The van der Waals surface area contributed by atoms with Gasteiger partial charge in [-0.05, 0) is 64.3 Å². The molecular weight excluding hydrogens is 302 g/mol. The molecule has 0 aliphatic heterocycles. The summed E-state index contributed by atoms with van der Waals surface area (Å²) >= 11 is 3.08. The molecule has 2 aromatic carbocycles. The quantitative estimate of drug-likeness (QED) is 0.804. The maximum atomic E-state index is 13.1. The lowest BCUT2D eigenvalue weighted by Gasteiger charge is -2.09. The highest BCUT2D eigenvalue weighted by Gasteiger charge is 2.04. The number of ether oxygens (including phenoxy) is 1. The second-order valence-electron chi connectivity index (χ2n) is 3.94. The molecule has 0 radical (unpaired) electrons.